The molecule has 1 heterocycles. The molecule has 1 saturated heterocycles. The average molecular weight is 499 g/mol. The molecule has 1 fully saturated rings. The van der Waals surface area contributed by atoms with E-state index in [-0.39, 0.29) is 22.9 Å². The molecule has 3 aromatic carbocycles. The number of anilines is 1. The highest BCUT2D eigenvalue weighted by atomic mass is 19.4. The molecule has 0 radical (unpaired) electrons. The summed E-state index contributed by atoms with van der Waals surface area (Å²) in [5.74, 6) is -3.38. The Labute approximate surface area is 204 Å². The molecule has 186 valence electrons. The van der Waals surface area contributed by atoms with Crippen LogP contribution < -0.4 is 9.64 Å². The average Bonchev–Trinajstić information content (AvgIpc) is 3.08. The third-order valence-electron chi connectivity index (χ3n) is 5.58. The van der Waals surface area contributed by atoms with E-state index in [1.165, 1.54) is 36.4 Å². The first-order chi connectivity index (χ1) is 17.0. The summed E-state index contributed by atoms with van der Waals surface area (Å²) in [6.45, 7) is 3.59. The predicted molar refractivity (Wildman–Crippen MR) is 125 cm³/mol. The van der Waals surface area contributed by atoms with Gasteiger partial charge < -0.3 is 9.84 Å². The molecule has 1 unspecified atom stereocenters. The highest BCUT2D eigenvalue weighted by Crippen LogP contribution is 2.44. The number of amides is 1. The van der Waals surface area contributed by atoms with Crippen LogP contribution in [0.4, 0.5) is 23.2 Å². The lowest BCUT2D eigenvalue weighted by Crippen LogP contribution is -2.30. The van der Waals surface area contributed by atoms with E-state index in [1.807, 2.05) is 0 Å². The largest absolute Gasteiger partial charge is 0.507 e. The smallest absolute Gasteiger partial charge is 0.416 e. The van der Waals surface area contributed by atoms with Gasteiger partial charge >= 0.3 is 6.18 Å². The Morgan fingerprint density at radius 3 is 2.33 bits per heavy atom. The van der Waals surface area contributed by atoms with Gasteiger partial charge in [-0.1, -0.05) is 36.4 Å². The number of carbonyl (C=O) groups is 2. The van der Waals surface area contributed by atoms with Crippen molar-refractivity contribution in [3.8, 4) is 5.75 Å². The summed E-state index contributed by atoms with van der Waals surface area (Å²) in [6.07, 6.45) is -4.90. The van der Waals surface area contributed by atoms with Gasteiger partial charge in [-0.3, -0.25) is 14.5 Å². The number of benzene rings is 3. The number of hydrogen-bond acceptors (Lipinski definition) is 4. The number of ketones is 1. The number of rotatable bonds is 5. The molecular formula is C27H21F4NO4. The van der Waals surface area contributed by atoms with Gasteiger partial charge in [0.2, 0.25) is 0 Å². The van der Waals surface area contributed by atoms with Crippen molar-refractivity contribution in [2.24, 2.45) is 0 Å². The molecule has 0 bridgehead atoms. The molecule has 4 rings (SSSR count). The third-order valence-corrected chi connectivity index (χ3v) is 5.58. The monoisotopic (exact) mass is 499 g/mol. The standard InChI is InChI=1S/C27H21F4NO4/c1-15(2)36-19-10-5-7-16(13-19)24(33)22-23(20-11-3-4-12-21(20)28)32(26(35)25(22)34)18-9-6-8-17(14-18)27(29,30)31/h3-15,23,33H,1-2H3/b24-22+. The molecule has 1 atom stereocenters. The zero-order chi connectivity index (χ0) is 26.2. The third kappa shape index (κ3) is 4.68. The number of hydrogen-bond donors (Lipinski definition) is 1. The van der Waals surface area contributed by atoms with Gasteiger partial charge in [0.25, 0.3) is 11.7 Å². The van der Waals surface area contributed by atoms with Gasteiger partial charge in [-0.25, -0.2) is 4.39 Å². The Balaban J connectivity index is 1.94. The van der Waals surface area contributed by atoms with Crippen LogP contribution in [-0.2, 0) is 15.8 Å². The molecule has 0 saturated carbocycles. The molecule has 5 nitrogen and oxygen atoms in total. The molecule has 9 heteroatoms. The molecule has 1 aliphatic rings. The van der Waals surface area contributed by atoms with Gasteiger partial charge in [-0.05, 0) is 50.2 Å². The van der Waals surface area contributed by atoms with E-state index in [2.05, 4.69) is 0 Å². The minimum atomic E-state index is -4.71. The molecule has 0 aromatic heterocycles. The first kappa shape index (κ1) is 25.0. The molecule has 36 heavy (non-hydrogen) atoms. The van der Waals surface area contributed by atoms with E-state index in [0.29, 0.717) is 11.8 Å². The van der Waals surface area contributed by atoms with Crippen molar-refractivity contribution in [2.45, 2.75) is 32.2 Å². The summed E-state index contributed by atoms with van der Waals surface area (Å²) in [5.41, 5.74) is -1.81. The summed E-state index contributed by atoms with van der Waals surface area (Å²) in [4.78, 5) is 27.1. The fraction of sp³-hybridized carbons (Fsp3) is 0.185. The van der Waals surface area contributed by atoms with E-state index < -0.39 is 46.6 Å². The number of alkyl halides is 3. The Hall–Kier alpha value is -4.14. The van der Waals surface area contributed by atoms with E-state index in [4.69, 9.17) is 4.74 Å². The second-order valence-corrected chi connectivity index (χ2v) is 8.43. The molecule has 0 spiro atoms. The summed E-state index contributed by atoms with van der Waals surface area (Å²) in [6, 6.07) is 13.7. The van der Waals surface area contributed by atoms with Crippen LogP contribution in [-0.4, -0.2) is 22.9 Å². The highest BCUT2D eigenvalue weighted by molar-refractivity contribution is 6.51. The normalized spacial score (nSPS) is 17.6. The van der Waals surface area contributed by atoms with Crippen LogP contribution in [0.1, 0.15) is 36.6 Å². The number of Topliss-reactive ketones (excluding diaryl/α,β-unsaturated/α-hetero) is 1. The fourth-order valence-corrected chi connectivity index (χ4v) is 4.07. The quantitative estimate of drug-likeness (QED) is 0.195. The topological polar surface area (TPSA) is 66.8 Å². The van der Waals surface area contributed by atoms with Crippen molar-refractivity contribution in [3.05, 3.63) is 101 Å². The van der Waals surface area contributed by atoms with Gasteiger partial charge in [0, 0.05) is 16.8 Å². The van der Waals surface area contributed by atoms with Gasteiger partial charge in [-0.15, -0.1) is 0 Å². The zero-order valence-electron chi connectivity index (χ0n) is 19.2. The van der Waals surface area contributed by atoms with Crippen LogP contribution in [0.25, 0.3) is 5.76 Å². The van der Waals surface area contributed by atoms with Crippen molar-refractivity contribution in [2.75, 3.05) is 4.90 Å². The minimum absolute atomic E-state index is 0.122. The number of aliphatic hydroxyl groups excluding tert-OH is 1. The van der Waals surface area contributed by atoms with Crippen LogP contribution in [0.2, 0.25) is 0 Å². The second-order valence-electron chi connectivity index (χ2n) is 8.43. The summed E-state index contributed by atoms with van der Waals surface area (Å²) in [5, 5.41) is 11.2. The van der Waals surface area contributed by atoms with E-state index in [1.54, 1.807) is 26.0 Å². The van der Waals surface area contributed by atoms with Crippen LogP contribution in [0.5, 0.6) is 5.75 Å². The van der Waals surface area contributed by atoms with Crippen molar-refractivity contribution < 1.29 is 37.0 Å². The van der Waals surface area contributed by atoms with Gasteiger partial charge in [0.1, 0.15) is 17.3 Å². The lowest BCUT2D eigenvalue weighted by molar-refractivity contribution is -0.137. The summed E-state index contributed by atoms with van der Waals surface area (Å²) >= 11 is 0. The number of ether oxygens (including phenoxy) is 1. The number of nitrogens with zero attached hydrogens (tertiary/aromatic N) is 1. The highest BCUT2D eigenvalue weighted by Gasteiger charge is 2.48. The maximum absolute atomic E-state index is 14.9. The summed E-state index contributed by atoms with van der Waals surface area (Å²) < 4.78 is 60.7. The van der Waals surface area contributed by atoms with Gasteiger partial charge in [0.15, 0.2) is 0 Å². The molecular weight excluding hydrogens is 478 g/mol. The van der Waals surface area contributed by atoms with Crippen LogP contribution in [0.15, 0.2) is 78.4 Å². The van der Waals surface area contributed by atoms with Gasteiger partial charge in [0.05, 0.1) is 23.3 Å². The summed E-state index contributed by atoms with van der Waals surface area (Å²) in [7, 11) is 0. The lowest BCUT2D eigenvalue weighted by atomic mass is 9.94. The SMILES string of the molecule is CC(C)Oc1cccc(/C(O)=C2\C(=O)C(=O)N(c3cccc(C(F)(F)F)c3)C2c2ccccc2F)c1. The second kappa shape index (κ2) is 9.49. The predicted octanol–water partition coefficient (Wildman–Crippen LogP) is 6.26. The van der Waals surface area contributed by atoms with Crippen LogP contribution in [0, 0.1) is 5.82 Å². The number of carbonyl (C=O) groups excluding carboxylic acids is 2. The van der Waals surface area contributed by atoms with Crippen molar-refractivity contribution in [3.63, 3.8) is 0 Å². The molecule has 1 N–H and O–H groups in total. The fourth-order valence-electron chi connectivity index (χ4n) is 4.07. The van der Waals surface area contributed by atoms with Gasteiger partial charge in [-0.2, -0.15) is 13.2 Å². The van der Waals surface area contributed by atoms with E-state index in [9.17, 15) is 32.3 Å². The zero-order valence-corrected chi connectivity index (χ0v) is 19.2. The molecule has 3 aromatic rings. The number of halogens is 4. The van der Waals surface area contributed by atoms with Crippen molar-refractivity contribution in [1.82, 2.24) is 0 Å². The Morgan fingerprint density at radius 2 is 1.67 bits per heavy atom. The minimum Gasteiger partial charge on any atom is -0.507 e. The van der Waals surface area contributed by atoms with Crippen LogP contribution >= 0.6 is 0 Å². The number of aliphatic hydroxyl groups is 1. The molecule has 0 aliphatic carbocycles. The van der Waals surface area contributed by atoms with Crippen molar-refractivity contribution >= 4 is 23.1 Å². The first-order valence-electron chi connectivity index (χ1n) is 11.0. The Kier molecular flexibility index (Phi) is 6.58. The van der Waals surface area contributed by atoms with Crippen molar-refractivity contribution in [1.29, 1.82) is 0 Å². The lowest BCUT2D eigenvalue weighted by Gasteiger charge is -2.26. The molecule has 1 amide bonds. The first-order valence-corrected chi connectivity index (χ1v) is 11.0. The molecule has 1 aliphatic heterocycles. The maximum Gasteiger partial charge on any atom is 0.416 e. The Morgan fingerprint density at radius 1 is 0.972 bits per heavy atom. The van der Waals surface area contributed by atoms with E-state index in [0.717, 1.165) is 23.1 Å². The maximum atomic E-state index is 14.9. The van der Waals surface area contributed by atoms with Crippen LogP contribution in [0.3, 0.4) is 0 Å². The Bertz CT molecular complexity index is 1360. The van der Waals surface area contributed by atoms with E-state index >= 15 is 0 Å².